The number of pyridine rings is 2. The molecule has 0 unspecified atom stereocenters. The summed E-state index contributed by atoms with van der Waals surface area (Å²) >= 11 is 1.71. The first-order valence-electron chi connectivity index (χ1n) is 11.5. The highest BCUT2D eigenvalue weighted by Crippen LogP contribution is 2.33. The Bertz CT molecular complexity index is 1160. The average Bonchev–Trinajstić information content (AvgIpc) is 2.88. The van der Waals surface area contributed by atoms with Crippen LogP contribution in [0.5, 0.6) is 0 Å². The summed E-state index contributed by atoms with van der Waals surface area (Å²) in [6, 6.07) is 12.5. The molecule has 0 spiro atoms. The molecule has 178 valence electrons. The summed E-state index contributed by atoms with van der Waals surface area (Å²) in [6.45, 7) is 16.4. The topological polar surface area (TPSA) is 44.3 Å². The first-order chi connectivity index (χ1) is 16.4. The van der Waals surface area contributed by atoms with Gasteiger partial charge in [-0.1, -0.05) is 49.2 Å². The van der Waals surface area contributed by atoms with E-state index >= 15 is 0 Å². The zero-order valence-electron chi connectivity index (χ0n) is 20.7. The number of allylic oxidation sites excluding steroid dienone is 2. The van der Waals surface area contributed by atoms with Gasteiger partial charge in [0.2, 0.25) is 0 Å². The van der Waals surface area contributed by atoms with Crippen LogP contribution in [0.2, 0.25) is 0 Å². The van der Waals surface area contributed by atoms with Crippen LogP contribution in [0, 0.1) is 0 Å². The number of anilines is 2. The Hall–Kier alpha value is -3.09. The fourth-order valence-electron chi connectivity index (χ4n) is 3.53. The molecule has 0 aliphatic carbocycles. The second-order valence-electron chi connectivity index (χ2n) is 8.25. The molecule has 1 aliphatic heterocycles. The van der Waals surface area contributed by atoms with E-state index in [-0.39, 0.29) is 0 Å². The Kier molecular flexibility index (Phi) is 9.31. The third-order valence-corrected chi connectivity index (χ3v) is 6.86. The molecule has 0 atom stereocenters. The van der Waals surface area contributed by atoms with Crippen molar-refractivity contribution in [1.82, 2.24) is 14.9 Å². The van der Waals surface area contributed by atoms with Gasteiger partial charge in [0, 0.05) is 55.9 Å². The van der Waals surface area contributed by atoms with Gasteiger partial charge in [-0.2, -0.15) is 0 Å². The molecule has 1 aliphatic rings. The summed E-state index contributed by atoms with van der Waals surface area (Å²) in [5.41, 5.74) is 2.30. The van der Waals surface area contributed by atoms with Crippen LogP contribution < -0.4 is 10.2 Å². The van der Waals surface area contributed by atoms with Crippen LogP contribution in [0.15, 0.2) is 72.9 Å². The normalized spacial score (nSPS) is 14.4. The number of piperazine rings is 1. The van der Waals surface area contributed by atoms with Gasteiger partial charge in [-0.3, -0.25) is 0 Å². The largest absolute Gasteiger partial charge is 0.373 e. The molecular weight excluding hydrogens is 438 g/mol. The molecule has 3 heterocycles. The van der Waals surface area contributed by atoms with Crippen LogP contribution in [0.3, 0.4) is 0 Å². The van der Waals surface area contributed by atoms with Gasteiger partial charge in [-0.05, 0) is 66.6 Å². The lowest BCUT2D eigenvalue weighted by Gasteiger charge is -2.33. The van der Waals surface area contributed by atoms with Gasteiger partial charge in [0.15, 0.2) is 0 Å². The summed E-state index contributed by atoms with van der Waals surface area (Å²) in [5.74, 6) is 1.95. The summed E-state index contributed by atoms with van der Waals surface area (Å²) in [4.78, 5) is 15.7. The second-order valence-corrected chi connectivity index (χ2v) is 9.59. The molecule has 0 amide bonds. The minimum Gasteiger partial charge on any atom is -0.373 e. The maximum Gasteiger partial charge on any atom is 0.129 e. The second kappa shape index (κ2) is 12.4. The molecule has 1 saturated heterocycles. The highest BCUT2D eigenvalue weighted by Gasteiger charge is 2.14. The SMILES string of the molecule is C=C(S/C(C)=C\C)c1ccc2cnc(NC)cc2c1.C=Cc1ccnc(N2CCN(C)CC2)c1. The van der Waals surface area contributed by atoms with Crippen molar-refractivity contribution in [2.24, 2.45) is 0 Å². The molecule has 1 aromatic carbocycles. The van der Waals surface area contributed by atoms with Crippen LogP contribution in [0.4, 0.5) is 11.6 Å². The Labute approximate surface area is 208 Å². The first-order valence-corrected chi connectivity index (χ1v) is 12.3. The number of fused-ring (bicyclic) bond motifs is 1. The Morgan fingerprint density at radius 2 is 1.82 bits per heavy atom. The first kappa shape index (κ1) is 25.5. The van der Waals surface area contributed by atoms with Crippen molar-refractivity contribution in [3.05, 3.63) is 84.1 Å². The van der Waals surface area contributed by atoms with Gasteiger partial charge in [0.05, 0.1) is 0 Å². The number of hydrogen-bond donors (Lipinski definition) is 1. The molecule has 0 saturated carbocycles. The third-order valence-electron chi connectivity index (χ3n) is 5.82. The molecule has 2 aromatic heterocycles. The third kappa shape index (κ3) is 6.95. The molecule has 4 rings (SSSR count). The van der Waals surface area contributed by atoms with Crippen molar-refractivity contribution in [3.8, 4) is 0 Å². The van der Waals surface area contributed by atoms with E-state index in [0.717, 1.165) is 59.2 Å². The van der Waals surface area contributed by atoms with Gasteiger partial charge >= 0.3 is 0 Å². The Balaban J connectivity index is 0.000000196. The Morgan fingerprint density at radius 1 is 1.06 bits per heavy atom. The summed E-state index contributed by atoms with van der Waals surface area (Å²) in [5, 5.41) is 5.38. The van der Waals surface area contributed by atoms with Crippen LogP contribution in [0.1, 0.15) is 25.0 Å². The highest BCUT2D eigenvalue weighted by molar-refractivity contribution is 8.11. The van der Waals surface area contributed by atoms with E-state index in [0.29, 0.717) is 0 Å². The predicted octanol–water partition coefficient (Wildman–Crippen LogP) is 6.38. The monoisotopic (exact) mass is 473 g/mol. The van der Waals surface area contributed by atoms with E-state index in [1.807, 2.05) is 38.5 Å². The summed E-state index contributed by atoms with van der Waals surface area (Å²) < 4.78 is 0. The average molecular weight is 474 g/mol. The van der Waals surface area contributed by atoms with Crippen LogP contribution >= 0.6 is 11.8 Å². The molecule has 1 N–H and O–H groups in total. The number of likely N-dealkylation sites (N-methyl/N-ethyl adjacent to an activating group) is 1. The van der Waals surface area contributed by atoms with Crippen LogP contribution in [0.25, 0.3) is 21.8 Å². The highest BCUT2D eigenvalue weighted by atomic mass is 32.2. The van der Waals surface area contributed by atoms with E-state index in [9.17, 15) is 0 Å². The van der Waals surface area contributed by atoms with E-state index in [1.165, 1.54) is 10.3 Å². The molecule has 0 bridgehead atoms. The minimum absolute atomic E-state index is 0.882. The van der Waals surface area contributed by atoms with E-state index in [1.54, 1.807) is 11.8 Å². The zero-order chi connectivity index (χ0) is 24.5. The quantitative estimate of drug-likeness (QED) is 0.448. The molecular formula is C28H35N5S. The zero-order valence-corrected chi connectivity index (χ0v) is 21.5. The molecule has 34 heavy (non-hydrogen) atoms. The number of benzene rings is 1. The summed E-state index contributed by atoms with van der Waals surface area (Å²) in [6.07, 6.45) is 7.70. The lowest BCUT2D eigenvalue weighted by molar-refractivity contribution is 0.312. The van der Waals surface area contributed by atoms with Crippen LogP contribution in [-0.4, -0.2) is 55.1 Å². The van der Waals surface area contributed by atoms with E-state index < -0.39 is 0 Å². The van der Waals surface area contributed by atoms with Crippen molar-refractivity contribution in [1.29, 1.82) is 0 Å². The van der Waals surface area contributed by atoms with Crippen molar-refractivity contribution >= 4 is 45.2 Å². The number of rotatable bonds is 6. The maximum absolute atomic E-state index is 4.40. The van der Waals surface area contributed by atoms with Gasteiger partial charge in [-0.25, -0.2) is 9.97 Å². The van der Waals surface area contributed by atoms with Crippen molar-refractivity contribution in [2.45, 2.75) is 13.8 Å². The molecule has 3 aromatic rings. The Morgan fingerprint density at radius 3 is 2.50 bits per heavy atom. The number of aromatic nitrogens is 2. The fraction of sp³-hybridized carbons (Fsp3) is 0.286. The van der Waals surface area contributed by atoms with Gasteiger partial charge < -0.3 is 15.1 Å². The van der Waals surface area contributed by atoms with Crippen molar-refractivity contribution < 1.29 is 0 Å². The molecule has 5 nitrogen and oxygen atoms in total. The standard InChI is InChI=1S/C16H18N2S.C12H17N3/c1-5-11(2)19-12(3)13-6-7-14-10-18-16(17-4)9-15(14)8-13;1-3-11-4-5-13-12(10-11)15-8-6-14(2)7-9-15/h5-10H,3H2,1-2,4H3,(H,17,18);3-5,10H,1,6-9H2,2H3/b11-5-;. The lowest BCUT2D eigenvalue weighted by atomic mass is 10.1. The molecule has 6 heteroatoms. The van der Waals surface area contributed by atoms with Gasteiger partial charge in [-0.15, -0.1) is 0 Å². The molecule has 0 radical (unpaired) electrons. The smallest absolute Gasteiger partial charge is 0.129 e. The fourth-order valence-corrected chi connectivity index (χ4v) is 4.28. The number of nitrogens with zero attached hydrogens (tertiary/aromatic N) is 4. The lowest BCUT2D eigenvalue weighted by Crippen LogP contribution is -2.44. The van der Waals surface area contributed by atoms with Crippen molar-refractivity contribution in [2.75, 3.05) is 50.5 Å². The van der Waals surface area contributed by atoms with Crippen molar-refractivity contribution in [3.63, 3.8) is 0 Å². The number of nitrogens with one attached hydrogen (secondary N) is 1. The molecule has 1 fully saturated rings. The predicted molar refractivity (Wildman–Crippen MR) is 151 cm³/mol. The summed E-state index contributed by atoms with van der Waals surface area (Å²) in [7, 11) is 4.03. The minimum atomic E-state index is 0.882. The van der Waals surface area contributed by atoms with E-state index in [4.69, 9.17) is 0 Å². The number of hydrogen-bond acceptors (Lipinski definition) is 6. The van der Waals surface area contributed by atoms with E-state index in [2.05, 4.69) is 88.6 Å². The van der Waals surface area contributed by atoms with Gasteiger partial charge in [0.1, 0.15) is 11.6 Å². The van der Waals surface area contributed by atoms with Gasteiger partial charge in [0.25, 0.3) is 0 Å². The maximum atomic E-state index is 4.40. The number of thioether (sulfide) groups is 1. The van der Waals surface area contributed by atoms with Crippen LogP contribution in [-0.2, 0) is 0 Å².